The number of methoxy groups -OCH3 is 1. The molecule has 1 nitrogen and oxygen atoms in total. The fourth-order valence-corrected chi connectivity index (χ4v) is 2.81. The molecule has 0 N–H and O–H groups in total. The first-order valence-electron chi connectivity index (χ1n) is 6.22. The topological polar surface area (TPSA) is 9.23 Å². The first-order valence-corrected chi connectivity index (χ1v) is 7.51. The number of hydrogen-bond acceptors (Lipinski definition) is 1. The van der Waals surface area contributed by atoms with Crippen molar-refractivity contribution in [3.8, 4) is 5.75 Å². The molecular formula is C16H16BrClO. The van der Waals surface area contributed by atoms with E-state index in [2.05, 4.69) is 47.1 Å². The summed E-state index contributed by atoms with van der Waals surface area (Å²) in [7, 11) is 1.62. The Hall–Kier alpha value is -0.990. The smallest absolute Gasteiger partial charge is 0.137 e. The Morgan fingerprint density at radius 3 is 2.26 bits per heavy atom. The molecule has 0 heterocycles. The van der Waals surface area contributed by atoms with E-state index in [0.717, 1.165) is 12.0 Å². The fraction of sp³-hybridized carbons (Fsp3) is 0.250. The van der Waals surface area contributed by atoms with E-state index in [9.17, 15) is 0 Å². The molecule has 0 fully saturated rings. The number of halogens is 2. The van der Waals surface area contributed by atoms with E-state index >= 15 is 0 Å². The van der Waals surface area contributed by atoms with E-state index in [-0.39, 0.29) is 4.83 Å². The molecular weight excluding hydrogens is 324 g/mol. The van der Waals surface area contributed by atoms with Crippen molar-refractivity contribution < 1.29 is 4.74 Å². The number of benzene rings is 2. The quantitative estimate of drug-likeness (QED) is 0.678. The van der Waals surface area contributed by atoms with Gasteiger partial charge in [0.05, 0.1) is 17.0 Å². The second-order valence-corrected chi connectivity index (χ2v) is 5.67. The van der Waals surface area contributed by atoms with Gasteiger partial charge in [0.25, 0.3) is 0 Å². The number of ether oxygens (including phenoxy) is 1. The highest BCUT2D eigenvalue weighted by Crippen LogP contribution is 2.35. The Balaban J connectivity index is 2.27. The lowest BCUT2D eigenvalue weighted by Gasteiger charge is -2.13. The minimum atomic E-state index is 0.141. The summed E-state index contributed by atoms with van der Waals surface area (Å²) in [5.41, 5.74) is 3.68. The third-order valence-electron chi connectivity index (χ3n) is 3.15. The van der Waals surface area contributed by atoms with Crippen LogP contribution in [0.15, 0.2) is 42.5 Å². The lowest BCUT2D eigenvalue weighted by Crippen LogP contribution is -1.94. The van der Waals surface area contributed by atoms with E-state index in [1.165, 1.54) is 11.1 Å². The van der Waals surface area contributed by atoms with Crippen LogP contribution in [0.3, 0.4) is 0 Å². The molecule has 1 unspecified atom stereocenters. The Bertz CT molecular complexity index is 551. The van der Waals surface area contributed by atoms with Crippen LogP contribution in [0.2, 0.25) is 5.02 Å². The van der Waals surface area contributed by atoms with Gasteiger partial charge in [-0.25, -0.2) is 0 Å². The monoisotopic (exact) mass is 338 g/mol. The standard InChI is InChI=1S/C16H16BrClO/c1-3-11-4-6-12(7-5-11)16(17)13-8-9-15(19-2)14(18)10-13/h4-10,16H,3H2,1-2H3. The molecule has 0 spiro atoms. The molecule has 0 amide bonds. The zero-order valence-corrected chi connectivity index (χ0v) is 13.3. The van der Waals surface area contributed by atoms with Gasteiger partial charge in [-0.2, -0.15) is 0 Å². The highest BCUT2D eigenvalue weighted by Gasteiger charge is 2.12. The molecule has 3 heteroatoms. The molecule has 0 aliphatic heterocycles. The van der Waals surface area contributed by atoms with Gasteiger partial charge in [0.2, 0.25) is 0 Å². The van der Waals surface area contributed by atoms with Gasteiger partial charge in [0, 0.05) is 0 Å². The maximum Gasteiger partial charge on any atom is 0.137 e. The second-order valence-electron chi connectivity index (χ2n) is 4.35. The molecule has 0 saturated carbocycles. The van der Waals surface area contributed by atoms with Crippen LogP contribution in [0.25, 0.3) is 0 Å². The van der Waals surface area contributed by atoms with Gasteiger partial charge < -0.3 is 4.74 Å². The Labute approximate surface area is 127 Å². The van der Waals surface area contributed by atoms with Crippen molar-refractivity contribution in [2.24, 2.45) is 0 Å². The molecule has 100 valence electrons. The summed E-state index contributed by atoms with van der Waals surface area (Å²) in [4.78, 5) is 0.141. The van der Waals surface area contributed by atoms with Gasteiger partial charge in [-0.1, -0.05) is 64.8 Å². The minimum absolute atomic E-state index is 0.141. The highest BCUT2D eigenvalue weighted by molar-refractivity contribution is 9.09. The summed E-state index contributed by atoms with van der Waals surface area (Å²) in [5.74, 6) is 0.700. The van der Waals surface area contributed by atoms with Crippen LogP contribution in [0.4, 0.5) is 0 Å². The van der Waals surface area contributed by atoms with Gasteiger partial charge in [0.15, 0.2) is 0 Å². The molecule has 0 aliphatic carbocycles. The van der Waals surface area contributed by atoms with Gasteiger partial charge in [-0.05, 0) is 35.2 Å². The second kappa shape index (κ2) is 6.44. The van der Waals surface area contributed by atoms with E-state index in [1.807, 2.05) is 18.2 Å². The van der Waals surface area contributed by atoms with Crippen LogP contribution in [-0.2, 0) is 6.42 Å². The van der Waals surface area contributed by atoms with E-state index in [4.69, 9.17) is 16.3 Å². The lowest BCUT2D eigenvalue weighted by molar-refractivity contribution is 0.415. The zero-order chi connectivity index (χ0) is 13.8. The van der Waals surface area contributed by atoms with Crippen LogP contribution >= 0.6 is 27.5 Å². The summed E-state index contributed by atoms with van der Waals surface area (Å²) in [6.07, 6.45) is 1.06. The molecule has 0 aromatic heterocycles. The first kappa shape index (κ1) is 14.4. The van der Waals surface area contributed by atoms with Crippen molar-refractivity contribution in [1.29, 1.82) is 0 Å². The SMILES string of the molecule is CCc1ccc(C(Br)c2ccc(OC)c(Cl)c2)cc1. The van der Waals surface area contributed by atoms with Crippen LogP contribution in [0.5, 0.6) is 5.75 Å². The van der Waals surface area contributed by atoms with Crippen LogP contribution in [0.1, 0.15) is 28.4 Å². The predicted molar refractivity (Wildman–Crippen MR) is 84.6 cm³/mol. The zero-order valence-electron chi connectivity index (χ0n) is 11.0. The molecule has 2 aromatic rings. The molecule has 19 heavy (non-hydrogen) atoms. The largest absolute Gasteiger partial charge is 0.495 e. The fourth-order valence-electron chi connectivity index (χ4n) is 1.96. The van der Waals surface area contributed by atoms with Crippen molar-refractivity contribution in [3.05, 3.63) is 64.2 Å². The number of rotatable bonds is 4. The highest BCUT2D eigenvalue weighted by atomic mass is 79.9. The van der Waals surface area contributed by atoms with Gasteiger partial charge in [-0.15, -0.1) is 0 Å². The molecule has 0 saturated heterocycles. The van der Waals surface area contributed by atoms with Crippen molar-refractivity contribution in [2.45, 2.75) is 18.2 Å². The molecule has 0 bridgehead atoms. The van der Waals surface area contributed by atoms with E-state index in [0.29, 0.717) is 10.8 Å². The number of hydrogen-bond donors (Lipinski definition) is 0. The average Bonchev–Trinajstić information content (AvgIpc) is 2.46. The van der Waals surface area contributed by atoms with Gasteiger partial charge >= 0.3 is 0 Å². The molecule has 0 aliphatic rings. The summed E-state index contributed by atoms with van der Waals surface area (Å²) < 4.78 is 5.17. The van der Waals surface area contributed by atoms with Crippen molar-refractivity contribution in [1.82, 2.24) is 0 Å². The van der Waals surface area contributed by atoms with Gasteiger partial charge in [-0.3, -0.25) is 0 Å². The molecule has 2 rings (SSSR count). The summed E-state index contributed by atoms with van der Waals surface area (Å²) in [5, 5.41) is 0.634. The van der Waals surface area contributed by atoms with Crippen LogP contribution in [-0.4, -0.2) is 7.11 Å². The third-order valence-corrected chi connectivity index (χ3v) is 4.50. The number of aryl methyl sites for hydroxylation is 1. The molecule has 1 atom stereocenters. The van der Waals surface area contributed by atoms with Crippen molar-refractivity contribution >= 4 is 27.5 Å². The van der Waals surface area contributed by atoms with Crippen LogP contribution in [0, 0.1) is 0 Å². The first-order chi connectivity index (χ1) is 9.15. The summed E-state index contributed by atoms with van der Waals surface area (Å²) in [6, 6.07) is 14.5. The minimum Gasteiger partial charge on any atom is -0.495 e. The summed E-state index contributed by atoms with van der Waals surface area (Å²) in [6.45, 7) is 2.16. The van der Waals surface area contributed by atoms with Crippen molar-refractivity contribution in [2.75, 3.05) is 7.11 Å². The normalized spacial score (nSPS) is 12.2. The Morgan fingerprint density at radius 2 is 1.74 bits per heavy atom. The van der Waals surface area contributed by atoms with E-state index < -0.39 is 0 Å². The third kappa shape index (κ3) is 3.31. The molecule has 2 aromatic carbocycles. The lowest BCUT2D eigenvalue weighted by atomic mass is 10.0. The molecule has 0 radical (unpaired) electrons. The maximum atomic E-state index is 6.16. The van der Waals surface area contributed by atoms with E-state index in [1.54, 1.807) is 7.11 Å². The maximum absolute atomic E-state index is 6.16. The van der Waals surface area contributed by atoms with Gasteiger partial charge in [0.1, 0.15) is 5.75 Å². The van der Waals surface area contributed by atoms with Crippen LogP contribution < -0.4 is 4.74 Å². The predicted octanol–water partition coefficient (Wildman–Crippen LogP) is 5.40. The summed E-state index contributed by atoms with van der Waals surface area (Å²) >= 11 is 9.88. The number of alkyl halides is 1. The Kier molecular flexibility index (Phi) is 4.89. The average molecular weight is 340 g/mol. The Morgan fingerprint density at radius 1 is 1.11 bits per heavy atom. The van der Waals surface area contributed by atoms with Crippen molar-refractivity contribution in [3.63, 3.8) is 0 Å².